The van der Waals surface area contributed by atoms with Crippen LogP contribution in [0.3, 0.4) is 0 Å². The summed E-state index contributed by atoms with van der Waals surface area (Å²) in [7, 11) is 0. The molecule has 0 amide bonds. The molecule has 0 aromatic carbocycles. The Morgan fingerprint density at radius 2 is 1.62 bits per heavy atom. The van der Waals surface area contributed by atoms with Gasteiger partial charge in [-0.05, 0) is 12.8 Å². The molecule has 0 fully saturated rings. The van der Waals surface area contributed by atoms with Crippen LogP contribution >= 0.6 is 0 Å². The van der Waals surface area contributed by atoms with Crippen molar-refractivity contribution in [3.05, 3.63) is 0 Å². The van der Waals surface area contributed by atoms with Crippen LogP contribution in [0.1, 0.15) is 33.6 Å². The van der Waals surface area contributed by atoms with Crippen LogP contribution in [0.25, 0.3) is 0 Å². The fourth-order valence-electron chi connectivity index (χ4n) is 0.938. The first-order valence-electron chi connectivity index (χ1n) is 3.36. The zero-order valence-electron chi connectivity index (χ0n) is 5.95. The molecule has 0 nitrogen and oxygen atoms in total. The highest BCUT2D eigenvalue weighted by Crippen LogP contribution is 2.14. The van der Waals surface area contributed by atoms with E-state index in [0.29, 0.717) is 0 Å². The van der Waals surface area contributed by atoms with Crippen molar-refractivity contribution in [2.75, 3.05) is 0 Å². The van der Waals surface area contributed by atoms with Crippen molar-refractivity contribution in [2.45, 2.75) is 39.8 Å². The second-order valence-electron chi connectivity index (χ2n) is 2.25. The number of rotatable bonds is 3. The minimum Gasteiger partial charge on any atom is -0.247 e. The zero-order valence-corrected chi connectivity index (χ0v) is 5.95. The van der Waals surface area contributed by atoms with Gasteiger partial charge in [0.25, 0.3) is 0 Å². The van der Waals surface area contributed by atoms with E-state index in [1.54, 1.807) is 6.92 Å². The van der Waals surface area contributed by atoms with Crippen LogP contribution in [0.15, 0.2) is 0 Å². The second-order valence-corrected chi connectivity index (χ2v) is 2.25. The Morgan fingerprint density at radius 1 is 1.25 bits per heavy atom. The summed E-state index contributed by atoms with van der Waals surface area (Å²) in [5, 5.41) is 0. The van der Waals surface area contributed by atoms with E-state index >= 15 is 0 Å². The molecule has 0 aliphatic heterocycles. The van der Waals surface area contributed by atoms with Crippen molar-refractivity contribution in [2.24, 2.45) is 5.92 Å². The van der Waals surface area contributed by atoms with Gasteiger partial charge in [0.1, 0.15) is 6.17 Å². The first-order valence-corrected chi connectivity index (χ1v) is 3.36. The molecular formula is C7H15F. The van der Waals surface area contributed by atoms with Crippen LogP contribution in [0.2, 0.25) is 0 Å². The number of alkyl halides is 1. The van der Waals surface area contributed by atoms with Gasteiger partial charge in [0.05, 0.1) is 0 Å². The van der Waals surface area contributed by atoms with Crippen molar-refractivity contribution in [1.82, 2.24) is 0 Å². The van der Waals surface area contributed by atoms with Gasteiger partial charge >= 0.3 is 0 Å². The van der Waals surface area contributed by atoms with Crippen molar-refractivity contribution < 1.29 is 4.39 Å². The Morgan fingerprint density at radius 3 is 1.62 bits per heavy atom. The summed E-state index contributed by atoms with van der Waals surface area (Å²) < 4.78 is 12.4. The van der Waals surface area contributed by atoms with Crippen molar-refractivity contribution in [1.29, 1.82) is 0 Å². The van der Waals surface area contributed by atoms with E-state index in [2.05, 4.69) is 0 Å². The minimum absolute atomic E-state index is 0.287. The Hall–Kier alpha value is -0.0700. The lowest BCUT2D eigenvalue weighted by Crippen LogP contribution is -2.09. The van der Waals surface area contributed by atoms with Crippen molar-refractivity contribution >= 4 is 0 Å². The lowest BCUT2D eigenvalue weighted by Gasteiger charge is -2.11. The van der Waals surface area contributed by atoms with Crippen LogP contribution < -0.4 is 0 Å². The standard InChI is InChI=1S/C7H15F/c1-4-7(5-2)6(3)8/h6-7H,4-5H2,1-3H3. The van der Waals surface area contributed by atoms with Gasteiger partial charge in [0, 0.05) is 0 Å². The van der Waals surface area contributed by atoms with E-state index in [1.165, 1.54) is 0 Å². The third-order valence-corrected chi connectivity index (χ3v) is 1.70. The number of halogens is 1. The van der Waals surface area contributed by atoms with Gasteiger partial charge in [-0.2, -0.15) is 0 Å². The largest absolute Gasteiger partial charge is 0.247 e. The molecule has 0 rings (SSSR count). The quantitative estimate of drug-likeness (QED) is 0.534. The zero-order chi connectivity index (χ0) is 6.57. The maximum Gasteiger partial charge on any atom is 0.100 e. The lowest BCUT2D eigenvalue weighted by atomic mass is 9.99. The monoisotopic (exact) mass is 118 g/mol. The molecule has 0 bridgehead atoms. The fraction of sp³-hybridized carbons (Fsp3) is 1.00. The van der Waals surface area contributed by atoms with E-state index in [-0.39, 0.29) is 5.92 Å². The molecule has 1 atom stereocenters. The molecule has 0 N–H and O–H groups in total. The summed E-state index contributed by atoms with van der Waals surface area (Å²) >= 11 is 0. The van der Waals surface area contributed by atoms with Gasteiger partial charge in [-0.1, -0.05) is 26.7 Å². The Balaban J connectivity index is 3.35. The summed E-state index contributed by atoms with van der Waals surface area (Å²) in [5.41, 5.74) is 0. The molecule has 50 valence electrons. The van der Waals surface area contributed by atoms with Gasteiger partial charge in [-0.3, -0.25) is 0 Å². The van der Waals surface area contributed by atoms with Crippen LogP contribution in [0.4, 0.5) is 4.39 Å². The maximum absolute atomic E-state index is 12.4. The molecule has 0 aliphatic carbocycles. The van der Waals surface area contributed by atoms with Gasteiger partial charge in [-0.15, -0.1) is 0 Å². The van der Waals surface area contributed by atoms with Crippen LogP contribution in [-0.4, -0.2) is 6.17 Å². The van der Waals surface area contributed by atoms with E-state index < -0.39 is 6.17 Å². The third kappa shape index (κ3) is 2.29. The molecule has 0 saturated heterocycles. The molecule has 0 saturated carbocycles. The second kappa shape index (κ2) is 3.88. The van der Waals surface area contributed by atoms with Gasteiger partial charge in [0.15, 0.2) is 0 Å². The average Bonchev–Trinajstić information content (AvgIpc) is 1.69. The Labute approximate surface area is 51.1 Å². The summed E-state index contributed by atoms with van der Waals surface area (Å²) in [6.07, 6.45) is 1.31. The number of hydrogen-bond acceptors (Lipinski definition) is 0. The van der Waals surface area contributed by atoms with Gasteiger partial charge in [0.2, 0.25) is 0 Å². The molecule has 8 heavy (non-hydrogen) atoms. The molecule has 1 heteroatoms. The number of hydrogen-bond donors (Lipinski definition) is 0. The highest BCUT2D eigenvalue weighted by Gasteiger charge is 2.10. The summed E-state index contributed by atoms with van der Waals surface area (Å²) in [5.74, 6) is 0.287. The normalized spacial score (nSPS) is 14.6. The average molecular weight is 118 g/mol. The van der Waals surface area contributed by atoms with E-state index in [9.17, 15) is 4.39 Å². The molecule has 0 aromatic heterocycles. The van der Waals surface area contributed by atoms with Crippen LogP contribution in [0.5, 0.6) is 0 Å². The third-order valence-electron chi connectivity index (χ3n) is 1.70. The molecule has 0 heterocycles. The van der Waals surface area contributed by atoms with Gasteiger partial charge in [-0.25, -0.2) is 4.39 Å². The summed E-state index contributed by atoms with van der Waals surface area (Å²) in [4.78, 5) is 0. The Bertz CT molecular complexity index is 46.3. The molecule has 1 unspecified atom stereocenters. The van der Waals surface area contributed by atoms with Crippen molar-refractivity contribution in [3.63, 3.8) is 0 Å². The highest BCUT2D eigenvalue weighted by molar-refractivity contribution is 4.59. The van der Waals surface area contributed by atoms with Crippen LogP contribution in [0, 0.1) is 5.92 Å². The van der Waals surface area contributed by atoms with Gasteiger partial charge < -0.3 is 0 Å². The van der Waals surface area contributed by atoms with E-state index in [0.717, 1.165) is 12.8 Å². The summed E-state index contributed by atoms with van der Waals surface area (Å²) in [6.45, 7) is 5.70. The van der Waals surface area contributed by atoms with E-state index in [1.807, 2.05) is 13.8 Å². The predicted molar refractivity (Wildman–Crippen MR) is 34.6 cm³/mol. The molecule has 0 aromatic rings. The van der Waals surface area contributed by atoms with Crippen LogP contribution in [-0.2, 0) is 0 Å². The molecule has 0 spiro atoms. The topological polar surface area (TPSA) is 0 Å². The smallest absolute Gasteiger partial charge is 0.100 e. The first kappa shape index (κ1) is 7.93. The minimum atomic E-state index is -0.620. The van der Waals surface area contributed by atoms with E-state index in [4.69, 9.17) is 0 Å². The Kier molecular flexibility index (Phi) is 3.84. The maximum atomic E-state index is 12.4. The predicted octanol–water partition coefficient (Wildman–Crippen LogP) is 2.78. The highest BCUT2D eigenvalue weighted by atomic mass is 19.1. The molecule has 0 radical (unpaired) electrons. The SMILES string of the molecule is CCC(CC)C(C)F. The fourth-order valence-corrected chi connectivity index (χ4v) is 0.938. The van der Waals surface area contributed by atoms with Crippen molar-refractivity contribution in [3.8, 4) is 0 Å². The summed E-state index contributed by atoms with van der Waals surface area (Å²) in [6, 6.07) is 0. The lowest BCUT2D eigenvalue weighted by molar-refractivity contribution is 0.237. The molecule has 0 aliphatic rings. The molecular weight excluding hydrogens is 103 g/mol. The first-order chi connectivity index (χ1) is 3.72.